The Morgan fingerprint density at radius 1 is 1.28 bits per heavy atom. The predicted octanol–water partition coefficient (Wildman–Crippen LogP) is 4.95. The average molecular weight is 441 g/mol. The molecule has 7 nitrogen and oxygen atoms in total. The Balaban J connectivity index is 1.96. The third-order valence-electron chi connectivity index (χ3n) is 4.04. The van der Waals surface area contributed by atoms with Crippen LogP contribution in [0.25, 0.3) is 5.16 Å². The molecule has 148 valence electrons. The van der Waals surface area contributed by atoms with Crippen LogP contribution in [0, 0.1) is 29.6 Å². The fourth-order valence-corrected chi connectivity index (χ4v) is 3.33. The average Bonchev–Trinajstić information content (AvgIpc) is 3.11. The molecular formula is C17H9Cl2F3N6O. The number of rotatable bonds is 2. The number of benzene rings is 1. The van der Waals surface area contributed by atoms with Gasteiger partial charge in [0.1, 0.15) is 22.7 Å². The van der Waals surface area contributed by atoms with Gasteiger partial charge in [-0.3, -0.25) is 5.32 Å². The molecule has 0 aliphatic carbocycles. The van der Waals surface area contributed by atoms with Crippen molar-refractivity contribution in [3.63, 3.8) is 0 Å². The number of aryl methyl sites for hydroxylation is 1. The van der Waals surface area contributed by atoms with E-state index >= 15 is 0 Å². The lowest BCUT2D eigenvalue weighted by Crippen LogP contribution is -2.21. The quantitative estimate of drug-likeness (QED) is 0.688. The monoisotopic (exact) mass is 440 g/mol. The second kappa shape index (κ2) is 7.32. The first-order chi connectivity index (χ1) is 13.6. The normalized spacial score (nSPS) is 15.5. The number of amides is 2. The summed E-state index contributed by atoms with van der Waals surface area (Å²) in [6, 6.07) is 7.21. The van der Waals surface area contributed by atoms with E-state index in [0.717, 1.165) is 5.56 Å². The van der Waals surface area contributed by atoms with Crippen molar-refractivity contribution in [1.29, 1.82) is 10.5 Å². The van der Waals surface area contributed by atoms with Crippen LogP contribution in [-0.2, 0) is 0 Å². The summed E-state index contributed by atoms with van der Waals surface area (Å²) >= 11 is 11.8. The molecule has 1 unspecified atom stereocenters. The molecule has 0 bridgehead atoms. The standard InChI is InChI=1S/C17H9Cl2F3N6O/c1-7-2-3-10(18)11(4-7)25-16(29)26-15-9(6-24)13-8(5-23)12(17(20,21)22)14(19)28(13)27-15/h2-4,8H,1H3,(H2,25,26,27,29). The molecule has 2 amide bonds. The van der Waals surface area contributed by atoms with Crippen LogP contribution in [-0.4, -0.2) is 22.0 Å². The maximum atomic E-state index is 13.2. The number of nitrogens with zero attached hydrogens (tertiary/aromatic N) is 4. The number of anilines is 2. The van der Waals surface area contributed by atoms with Gasteiger partial charge in [0, 0.05) is 0 Å². The van der Waals surface area contributed by atoms with Crippen molar-refractivity contribution in [2.45, 2.75) is 19.0 Å². The van der Waals surface area contributed by atoms with Gasteiger partial charge in [0.15, 0.2) is 5.82 Å². The van der Waals surface area contributed by atoms with E-state index in [-0.39, 0.29) is 22.2 Å². The molecule has 2 heterocycles. The Bertz CT molecular complexity index is 1140. The van der Waals surface area contributed by atoms with Crippen LogP contribution >= 0.6 is 23.2 Å². The fraction of sp³-hybridized carbons (Fsp3) is 0.176. The van der Waals surface area contributed by atoms with E-state index in [1.807, 2.05) is 0 Å². The molecule has 1 aromatic heterocycles. The van der Waals surface area contributed by atoms with Crippen LogP contribution in [0.2, 0.25) is 5.02 Å². The summed E-state index contributed by atoms with van der Waals surface area (Å²) in [7, 11) is 0. The molecule has 0 spiro atoms. The van der Waals surface area contributed by atoms with Gasteiger partial charge in [-0.1, -0.05) is 29.3 Å². The van der Waals surface area contributed by atoms with Gasteiger partial charge >= 0.3 is 12.2 Å². The van der Waals surface area contributed by atoms with E-state index in [9.17, 15) is 28.5 Å². The smallest absolute Gasteiger partial charge is 0.306 e. The zero-order chi connectivity index (χ0) is 21.5. The lowest BCUT2D eigenvalue weighted by atomic mass is 9.97. The van der Waals surface area contributed by atoms with E-state index in [1.165, 1.54) is 6.07 Å². The van der Waals surface area contributed by atoms with Gasteiger partial charge in [0.2, 0.25) is 0 Å². The largest absolute Gasteiger partial charge is 0.417 e. The van der Waals surface area contributed by atoms with Gasteiger partial charge in [0.05, 0.1) is 28.0 Å². The molecule has 1 aliphatic heterocycles. The predicted molar refractivity (Wildman–Crippen MR) is 99.3 cm³/mol. The molecule has 0 saturated carbocycles. The Hall–Kier alpha value is -3.21. The van der Waals surface area contributed by atoms with Crippen molar-refractivity contribution < 1.29 is 18.0 Å². The fourth-order valence-electron chi connectivity index (χ4n) is 2.82. The van der Waals surface area contributed by atoms with Gasteiger partial charge in [-0.05, 0) is 24.6 Å². The van der Waals surface area contributed by atoms with E-state index < -0.39 is 34.4 Å². The van der Waals surface area contributed by atoms with Crippen LogP contribution in [0.5, 0.6) is 0 Å². The summed E-state index contributed by atoms with van der Waals surface area (Å²) in [6.45, 7) is 1.78. The topological polar surface area (TPSA) is 107 Å². The number of nitriles is 2. The zero-order valence-corrected chi connectivity index (χ0v) is 15.9. The van der Waals surface area contributed by atoms with Gasteiger partial charge in [-0.2, -0.15) is 23.7 Å². The number of aromatic nitrogens is 2. The Morgan fingerprint density at radius 2 is 1.97 bits per heavy atom. The van der Waals surface area contributed by atoms with Crippen molar-refractivity contribution in [3.8, 4) is 12.1 Å². The highest BCUT2D eigenvalue weighted by Gasteiger charge is 2.49. The Kier molecular flexibility index (Phi) is 5.18. The number of fused-ring (bicyclic) bond motifs is 1. The first-order valence-corrected chi connectivity index (χ1v) is 8.58. The molecular weight excluding hydrogens is 432 g/mol. The van der Waals surface area contributed by atoms with E-state index in [1.54, 1.807) is 31.2 Å². The highest BCUT2D eigenvalue weighted by molar-refractivity contribution is 6.46. The summed E-state index contributed by atoms with van der Waals surface area (Å²) < 4.78 is 40.4. The molecule has 1 aliphatic rings. The maximum absolute atomic E-state index is 13.2. The molecule has 3 rings (SSSR count). The molecule has 12 heteroatoms. The number of carbonyl (C=O) groups excluding carboxylic acids is 1. The lowest BCUT2D eigenvalue weighted by molar-refractivity contribution is -0.0931. The number of hydrogen-bond donors (Lipinski definition) is 2. The first-order valence-electron chi connectivity index (χ1n) is 7.82. The second-order valence-electron chi connectivity index (χ2n) is 5.96. The number of nitrogens with one attached hydrogen (secondary N) is 2. The molecule has 0 fully saturated rings. The van der Waals surface area contributed by atoms with E-state index in [0.29, 0.717) is 4.68 Å². The lowest BCUT2D eigenvalue weighted by Gasteiger charge is -2.12. The molecule has 0 saturated heterocycles. The SMILES string of the molecule is Cc1ccc(Cl)c(NC(=O)Nc2nn3c(c2C#N)C(C#N)C(C(F)(F)F)=C3Cl)c1. The highest BCUT2D eigenvalue weighted by Crippen LogP contribution is 2.48. The second-order valence-corrected chi connectivity index (χ2v) is 6.72. The summed E-state index contributed by atoms with van der Waals surface area (Å²) in [4.78, 5) is 12.3. The molecule has 2 aromatic rings. The van der Waals surface area contributed by atoms with Gasteiger partial charge < -0.3 is 5.32 Å². The Morgan fingerprint density at radius 3 is 2.55 bits per heavy atom. The molecule has 1 atom stereocenters. The number of urea groups is 1. The number of alkyl halides is 3. The van der Waals surface area contributed by atoms with Crippen LogP contribution in [0.3, 0.4) is 0 Å². The van der Waals surface area contributed by atoms with Crippen molar-refractivity contribution in [3.05, 3.63) is 45.6 Å². The van der Waals surface area contributed by atoms with Crippen LogP contribution in [0.15, 0.2) is 23.8 Å². The molecule has 1 aromatic carbocycles. The molecule has 29 heavy (non-hydrogen) atoms. The zero-order valence-electron chi connectivity index (χ0n) is 14.4. The first kappa shape index (κ1) is 20.5. The molecule has 0 radical (unpaired) electrons. The highest BCUT2D eigenvalue weighted by atomic mass is 35.5. The van der Waals surface area contributed by atoms with Gasteiger partial charge in [-0.15, -0.1) is 5.10 Å². The van der Waals surface area contributed by atoms with Crippen molar-refractivity contribution in [2.24, 2.45) is 0 Å². The van der Waals surface area contributed by atoms with Crippen LogP contribution in [0.4, 0.5) is 29.5 Å². The minimum atomic E-state index is -4.89. The summed E-state index contributed by atoms with van der Waals surface area (Å²) in [5.41, 5.74) is -0.989. The maximum Gasteiger partial charge on any atom is 0.417 e. The minimum Gasteiger partial charge on any atom is -0.306 e. The third kappa shape index (κ3) is 3.60. The van der Waals surface area contributed by atoms with Crippen LogP contribution in [0.1, 0.15) is 22.7 Å². The van der Waals surface area contributed by atoms with E-state index in [4.69, 9.17) is 23.2 Å². The minimum absolute atomic E-state index is 0.254. The van der Waals surface area contributed by atoms with Gasteiger partial charge in [-0.25, -0.2) is 9.48 Å². The number of hydrogen-bond acceptors (Lipinski definition) is 4. The van der Waals surface area contributed by atoms with Crippen molar-refractivity contribution >= 4 is 45.9 Å². The van der Waals surface area contributed by atoms with Gasteiger partial charge in [0.25, 0.3) is 0 Å². The number of allylic oxidation sites excluding steroid dienone is 1. The number of carbonyl (C=O) groups is 1. The van der Waals surface area contributed by atoms with Crippen molar-refractivity contribution in [1.82, 2.24) is 9.78 Å². The number of halogens is 5. The van der Waals surface area contributed by atoms with Crippen molar-refractivity contribution in [2.75, 3.05) is 10.6 Å². The van der Waals surface area contributed by atoms with E-state index in [2.05, 4.69) is 15.7 Å². The summed E-state index contributed by atoms with van der Waals surface area (Å²) in [5.74, 6) is -2.20. The van der Waals surface area contributed by atoms with Crippen LogP contribution < -0.4 is 10.6 Å². The Labute approximate surface area is 171 Å². The third-order valence-corrected chi connectivity index (χ3v) is 4.73. The summed E-state index contributed by atoms with van der Waals surface area (Å²) in [5, 5.41) is 26.5. The molecule has 2 N–H and O–H groups in total. The summed E-state index contributed by atoms with van der Waals surface area (Å²) in [6.07, 6.45) is -4.89.